The van der Waals surface area contributed by atoms with Crippen molar-refractivity contribution in [3.05, 3.63) is 29.6 Å². The van der Waals surface area contributed by atoms with Gasteiger partial charge in [0.1, 0.15) is 0 Å². The predicted octanol–water partition coefficient (Wildman–Crippen LogP) is 1.08. The van der Waals surface area contributed by atoms with Crippen LogP contribution in [0.15, 0.2) is 29.4 Å². The Morgan fingerprint density at radius 2 is 2.38 bits per heavy atom. The van der Waals surface area contributed by atoms with Gasteiger partial charge in [0, 0.05) is 18.2 Å². The number of carbonyl (C=O) groups is 1. The van der Waals surface area contributed by atoms with E-state index in [1.54, 1.807) is 18.2 Å². The summed E-state index contributed by atoms with van der Waals surface area (Å²) in [5.41, 5.74) is 0. The van der Waals surface area contributed by atoms with Crippen molar-refractivity contribution in [3.8, 4) is 0 Å². The molecule has 1 aromatic rings. The Bertz CT molecular complexity index is 393. The Kier molecular flexibility index (Phi) is 3.33. The van der Waals surface area contributed by atoms with E-state index in [2.05, 4.69) is 5.32 Å². The molecule has 86 valence electrons. The summed E-state index contributed by atoms with van der Waals surface area (Å²) in [5, 5.41) is 14.6. The van der Waals surface area contributed by atoms with Crippen LogP contribution >= 0.6 is 11.8 Å². The first-order valence-electron chi connectivity index (χ1n) is 5.32. The maximum atomic E-state index is 11.7. The summed E-state index contributed by atoms with van der Waals surface area (Å²) in [7, 11) is 0. The molecule has 1 saturated carbocycles. The highest BCUT2D eigenvalue weighted by molar-refractivity contribution is 8.00. The van der Waals surface area contributed by atoms with Gasteiger partial charge in [0.05, 0.1) is 5.25 Å². The van der Waals surface area contributed by atoms with Gasteiger partial charge >= 0.3 is 0 Å². The first kappa shape index (κ1) is 11.3. The van der Waals surface area contributed by atoms with Crippen LogP contribution in [0.3, 0.4) is 0 Å². The Labute approximate surface area is 98.6 Å². The van der Waals surface area contributed by atoms with Gasteiger partial charge in [-0.2, -0.15) is 4.73 Å². The zero-order chi connectivity index (χ0) is 11.5. The smallest absolute Gasteiger partial charge is 0.252 e. The van der Waals surface area contributed by atoms with E-state index < -0.39 is 0 Å². The molecule has 5 heteroatoms. The topological polar surface area (TPSA) is 56.0 Å². The molecule has 1 amide bonds. The monoisotopic (exact) mass is 238 g/mol. The molecule has 1 unspecified atom stereocenters. The molecule has 2 rings (SSSR count). The van der Waals surface area contributed by atoms with Crippen LogP contribution < -0.4 is 10.0 Å². The van der Waals surface area contributed by atoms with E-state index in [9.17, 15) is 10.0 Å². The van der Waals surface area contributed by atoms with Crippen LogP contribution in [0.2, 0.25) is 0 Å². The molecular weight excluding hydrogens is 224 g/mol. The summed E-state index contributed by atoms with van der Waals surface area (Å²) < 4.78 is 0.783. The number of nitrogens with one attached hydrogen (secondary N) is 1. The maximum Gasteiger partial charge on any atom is 0.252 e. The van der Waals surface area contributed by atoms with Crippen LogP contribution in [-0.2, 0) is 4.79 Å². The summed E-state index contributed by atoms with van der Waals surface area (Å²) in [5.74, 6) is 0.0105. The highest BCUT2D eigenvalue weighted by atomic mass is 32.2. The second-order valence-corrected chi connectivity index (χ2v) is 5.27. The van der Waals surface area contributed by atoms with Crippen molar-refractivity contribution >= 4 is 17.7 Å². The number of carbonyl (C=O) groups excluding carboxylic acids is 1. The number of amides is 1. The third-order valence-electron chi connectivity index (χ3n) is 2.38. The molecule has 0 aromatic carbocycles. The average molecular weight is 238 g/mol. The molecule has 1 aliphatic rings. The van der Waals surface area contributed by atoms with Gasteiger partial charge in [-0.05, 0) is 37.6 Å². The van der Waals surface area contributed by atoms with Gasteiger partial charge in [-0.25, -0.2) is 0 Å². The summed E-state index contributed by atoms with van der Waals surface area (Å²) in [6, 6.07) is 5.55. The Morgan fingerprint density at radius 3 is 3.00 bits per heavy atom. The second-order valence-electron chi connectivity index (χ2n) is 3.91. The minimum atomic E-state index is -0.233. The molecule has 1 atom stereocenters. The Hall–Kier alpha value is -1.23. The number of rotatable bonds is 4. The highest BCUT2D eigenvalue weighted by Crippen LogP contribution is 2.23. The highest BCUT2D eigenvalue weighted by Gasteiger charge is 2.26. The largest absolute Gasteiger partial charge is 0.618 e. The molecule has 1 heterocycles. The number of thioether (sulfide) groups is 1. The lowest BCUT2D eigenvalue weighted by Crippen LogP contribution is -2.34. The van der Waals surface area contributed by atoms with Crippen molar-refractivity contribution in [1.29, 1.82) is 0 Å². The van der Waals surface area contributed by atoms with Crippen LogP contribution in [0.5, 0.6) is 0 Å². The molecule has 0 radical (unpaired) electrons. The normalized spacial score (nSPS) is 16.8. The van der Waals surface area contributed by atoms with Crippen molar-refractivity contribution in [3.63, 3.8) is 0 Å². The lowest BCUT2D eigenvalue weighted by atomic mass is 10.4. The van der Waals surface area contributed by atoms with E-state index in [1.807, 2.05) is 6.92 Å². The van der Waals surface area contributed by atoms with Crippen LogP contribution in [-0.4, -0.2) is 17.2 Å². The van der Waals surface area contributed by atoms with Gasteiger partial charge in [-0.15, -0.1) is 0 Å². The van der Waals surface area contributed by atoms with Crippen molar-refractivity contribution in [2.75, 3.05) is 0 Å². The number of hydrogen-bond acceptors (Lipinski definition) is 3. The molecular formula is C11H14N2O2S. The third-order valence-corrected chi connectivity index (χ3v) is 3.50. The molecule has 1 aliphatic carbocycles. The fourth-order valence-corrected chi connectivity index (χ4v) is 2.14. The zero-order valence-corrected chi connectivity index (χ0v) is 9.87. The first-order chi connectivity index (χ1) is 7.66. The first-order valence-corrected chi connectivity index (χ1v) is 6.20. The average Bonchev–Trinajstić information content (AvgIpc) is 3.05. The summed E-state index contributed by atoms with van der Waals surface area (Å²) in [6.45, 7) is 1.81. The van der Waals surface area contributed by atoms with Gasteiger partial charge in [0.25, 0.3) is 5.03 Å². The predicted molar refractivity (Wildman–Crippen MR) is 61.9 cm³/mol. The minimum Gasteiger partial charge on any atom is -0.618 e. The lowest BCUT2D eigenvalue weighted by Gasteiger charge is -2.10. The lowest BCUT2D eigenvalue weighted by molar-refractivity contribution is -0.645. The van der Waals surface area contributed by atoms with Crippen LogP contribution in [0, 0.1) is 5.21 Å². The van der Waals surface area contributed by atoms with E-state index >= 15 is 0 Å². The van der Waals surface area contributed by atoms with Gasteiger partial charge < -0.3 is 10.5 Å². The molecule has 4 nitrogen and oxygen atoms in total. The maximum absolute atomic E-state index is 11.7. The number of nitrogens with zero attached hydrogens (tertiary/aromatic N) is 1. The minimum absolute atomic E-state index is 0.0105. The number of hydrogen-bond donors (Lipinski definition) is 1. The Morgan fingerprint density at radius 1 is 1.62 bits per heavy atom. The van der Waals surface area contributed by atoms with Gasteiger partial charge in [0.2, 0.25) is 5.91 Å². The summed E-state index contributed by atoms with van der Waals surface area (Å²) >= 11 is 1.29. The molecule has 1 fully saturated rings. The summed E-state index contributed by atoms with van der Waals surface area (Å²) in [6.07, 6.45) is 3.60. The SMILES string of the molecule is CC(Sc1cccc[n+]1[O-])C(=O)NC1CC1. The van der Waals surface area contributed by atoms with E-state index in [0.29, 0.717) is 11.1 Å². The number of aromatic nitrogens is 1. The zero-order valence-electron chi connectivity index (χ0n) is 9.05. The molecule has 0 saturated heterocycles. The van der Waals surface area contributed by atoms with Crippen molar-refractivity contribution in [2.45, 2.75) is 36.1 Å². The second kappa shape index (κ2) is 4.74. The van der Waals surface area contributed by atoms with Crippen LogP contribution in [0.1, 0.15) is 19.8 Å². The van der Waals surface area contributed by atoms with E-state index in [1.165, 1.54) is 18.0 Å². The quantitative estimate of drug-likeness (QED) is 0.485. The molecule has 16 heavy (non-hydrogen) atoms. The third kappa shape index (κ3) is 2.88. The van der Waals surface area contributed by atoms with Gasteiger partial charge in [-0.3, -0.25) is 4.79 Å². The van der Waals surface area contributed by atoms with Gasteiger partial charge in [-0.1, -0.05) is 0 Å². The van der Waals surface area contributed by atoms with Gasteiger partial charge in [0.15, 0.2) is 6.20 Å². The molecule has 1 aromatic heterocycles. The van der Waals surface area contributed by atoms with E-state index in [-0.39, 0.29) is 11.2 Å². The van der Waals surface area contributed by atoms with Crippen molar-refractivity contribution < 1.29 is 9.52 Å². The van der Waals surface area contributed by atoms with Crippen LogP contribution in [0.4, 0.5) is 0 Å². The number of pyridine rings is 1. The fourth-order valence-electron chi connectivity index (χ4n) is 1.28. The molecule has 0 bridgehead atoms. The van der Waals surface area contributed by atoms with Crippen molar-refractivity contribution in [1.82, 2.24) is 5.32 Å². The van der Waals surface area contributed by atoms with E-state index in [0.717, 1.165) is 17.6 Å². The fraction of sp³-hybridized carbons (Fsp3) is 0.455. The molecule has 0 spiro atoms. The van der Waals surface area contributed by atoms with Crippen LogP contribution in [0.25, 0.3) is 0 Å². The summed E-state index contributed by atoms with van der Waals surface area (Å²) in [4.78, 5) is 11.7. The van der Waals surface area contributed by atoms with Crippen molar-refractivity contribution in [2.24, 2.45) is 0 Å². The van der Waals surface area contributed by atoms with E-state index in [4.69, 9.17) is 0 Å². The molecule has 1 N–H and O–H groups in total. The molecule has 0 aliphatic heterocycles. The standard InChI is InChI=1S/C11H14N2O2S/c1-8(11(14)12-9-5-6-9)16-10-4-2-3-7-13(10)15/h2-4,7-9H,5-6H2,1H3,(H,12,14). The Balaban J connectivity index is 1.92.